The van der Waals surface area contributed by atoms with E-state index >= 15 is 0 Å². The summed E-state index contributed by atoms with van der Waals surface area (Å²) in [4.78, 5) is 22.7. The lowest BCUT2D eigenvalue weighted by molar-refractivity contribution is -0.384. The summed E-state index contributed by atoms with van der Waals surface area (Å²) in [6.45, 7) is 0. The van der Waals surface area contributed by atoms with Crippen molar-refractivity contribution in [2.24, 2.45) is 0 Å². The minimum atomic E-state index is -3.46. The standard InChI is InChI=1S/C17H18N2O6S/c1-25-13-9-10-15(16(12-13)19(21)22)18-17(20)8-5-11-26(23,24)14-6-3-2-4-7-14/h2-4,6-7,9-10,12H,5,8,11H2,1H3,(H,18,20). The topological polar surface area (TPSA) is 116 Å². The number of benzene rings is 2. The molecule has 8 nitrogen and oxygen atoms in total. The number of carbonyl (C=O) groups excluding carboxylic acids is 1. The first kappa shape index (κ1) is 19.4. The van der Waals surface area contributed by atoms with Gasteiger partial charge in [0.05, 0.1) is 28.7 Å². The van der Waals surface area contributed by atoms with E-state index in [2.05, 4.69) is 5.32 Å². The molecule has 0 spiro atoms. The largest absolute Gasteiger partial charge is 0.496 e. The molecule has 26 heavy (non-hydrogen) atoms. The molecule has 0 saturated carbocycles. The number of ether oxygens (including phenoxy) is 1. The van der Waals surface area contributed by atoms with Crippen LogP contribution in [0.1, 0.15) is 12.8 Å². The third-order valence-corrected chi connectivity index (χ3v) is 5.41. The predicted molar refractivity (Wildman–Crippen MR) is 96.0 cm³/mol. The van der Waals surface area contributed by atoms with E-state index in [1.807, 2.05) is 0 Å². The SMILES string of the molecule is COc1ccc(NC(=O)CCCS(=O)(=O)c2ccccc2)c([N+](=O)[O-])c1. The number of rotatable bonds is 8. The third kappa shape index (κ3) is 5.03. The first-order valence-electron chi connectivity index (χ1n) is 7.73. The molecule has 0 heterocycles. The fraction of sp³-hybridized carbons (Fsp3) is 0.235. The number of sulfone groups is 1. The summed E-state index contributed by atoms with van der Waals surface area (Å²) in [5, 5.41) is 13.5. The number of anilines is 1. The minimum Gasteiger partial charge on any atom is -0.496 e. The number of amides is 1. The van der Waals surface area contributed by atoms with Crippen LogP contribution >= 0.6 is 0 Å². The van der Waals surface area contributed by atoms with Crippen LogP contribution in [0.3, 0.4) is 0 Å². The fourth-order valence-electron chi connectivity index (χ4n) is 2.28. The zero-order valence-corrected chi connectivity index (χ0v) is 14.9. The maximum absolute atomic E-state index is 12.2. The Kier molecular flexibility index (Phi) is 6.29. The Labute approximate surface area is 150 Å². The van der Waals surface area contributed by atoms with Gasteiger partial charge in [-0.3, -0.25) is 14.9 Å². The van der Waals surface area contributed by atoms with Crippen LogP contribution in [-0.2, 0) is 14.6 Å². The zero-order chi connectivity index (χ0) is 19.2. The van der Waals surface area contributed by atoms with Gasteiger partial charge in [-0.15, -0.1) is 0 Å². The molecule has 0 aliphatic heterocycles. The summed E-state index contributed by atoms with van der Waals surface area (Å²) in [6, 6.07) is 12.0. The average Bonchev–Trinajstić information content (AvgIpc) is 2.62. The second kappa shape index (κ2) is 8.43. The Bertz CT molecular complexity index is 897. The second-order valence-electron chi connectivity index (χ2n) is 5.42. The molecular weight excluding hydrogens is 360 g/mol. The van der Waals surface area contributed by atoms with Gasteiger partial charge in [0.2, 0.25) is 5.91 Å². The summed E-state index contributed by atoms with van der Waals surface area (Å²) in [5.41, 5.74) is -0.263. The van der Waals surface area contributed by atoms with Gasteiger partial charge < -0.3 is 10.1 Å². The predicted octanol–water partition coefficient (Wildman–Crippen LogP) is 2.80. The normalized spacial score (nSPS) is 11.0. The van der Waals surface area contributed by atoms with Crippen molar-refractivity contribution in [2.75, 3.05) is 18.2 Å². The van der Waals surface area contributed by atoms with E-state index in [1.165, 1.54) is 37.4 Å². The molecule has 138 valence electrons. The molecule has 1 N–H and O–H groups in total. The van der Waals surface area contributed by atoms with Crippen molar-refractivity contribution < 1.29 is 22.9 Å². The number of hydrogen-bond donors (Lipinski definition) is 1. The van der Waals surface area contributed by atoms with E-state index in [4.69, 9.17) is 4.74 Å². The summed E-state index contributed by atoms with van der Waals surface area (Å²) in [7, 11) is -2.08. The summed E-state index contributed by atoms with van der Waals surface area (Å²) in [6.07, 6.45) is 0.0300. The highest BCUT2D eigenvalue weighted by Crippen LogP contribution is 2.29. The molecule has 0 unspecified atom stereocenters. The molecule has 0 saturated heterocycles. The van der Waals surface area contributed by atoms with Crippen LogP contribution in [0.5, 0.6) is 5.75 Å². The van der Waals surface area contributed by atoms with Gasteiger partial charge in [-0.05, 0) is 30.7 Å². The lowest BCUT2D eigenvalue weighted by Crippen LogP contribution is -2.15. The molecule has 0 aliphatic carbocycles. The highest BCUT2D eigenvalue weighted by molar-refractivity contribution is 7.91. The van der Waals surface area contributed by atoms with Crippen molar-refractivity contribution >= 4 is 27.1 Å². The Hall–Kier alpha value is -2.94. The van der Waals surface area contributed by atoms with Gasteiger partial charge in [0.15, 0.2) is 9.84 Å². The monoisotopic (exact) mass is 378 g/mol. The van der Waals surface area contributed by atoms with Gasteiger partial charge in [0.25, 0.3) is 5.69 Å². The molecule has 9 heteroatoms. The van der Waals surface area contributed by atoms with Gasteiger partial charge in [-0.1, -0.05) is 18.2 Å². The van der Waals surface area contributed by atoms with E-state index in [9.17, 15) is 23.3 Å². The lowest BCUT2D eigenvalue weighted by atomic mass is 10.2. The first-order chi connectivity index (χ1) is 12.3. The number of hydrogen-bond acceptors (Lipinski definition) is 6. The van der Waals surface area contributed by atoms with E-state index < -0.39 is 20.7 Å². The number of nitro groups is 1. The third-order valence-electron chi connectivity index (χ3n) is 3.59. The zero-order valence-electron chi connectivity index (χ0n) is 14.0. The number of carbonyl (C=O) groups is 1. The summed E-state index contributed by atoms with van der Waals surface area (Å²) in [5.74, 6) is -0.389. The summed E-state index contributed by atoms with van der Waals surface area (Å²) < 4.78 is 29.2. The molecular formula is C17H18N2O6S. The highest BCUT2D eigenvalue weighted by atomic mass is 32.2. The van der Waals surface area contributed by atoms with Crippen molar-refractivity contribution in [3.63, 3.8) is 0 Å². The van der Waals surface area contributed by atoms with E-state index in [-0.39, 0.29) is 34.9 Å². The molecule has 0 radical (unpaired) electrons. The smallest absolute Gasteiger partial charge is 0.296 e. The minimum absolute atomic E-state index is 0.0340. The van der Waals surface area contributed by atoms with Crippen molar-refractivity contribution in [1.82, 2.24) is 0 Å². The van der Waals surface area contributed by atoms with Crippen LogP contribution in [0.15, 0.2) is 53.4 Å². The van der Waals surface area contributed by atoms with Crippen LogP contribution in [0, 0.1) is 10.1 Å². The van der Waals surface area contributed by atoms with Gasteiger partial charge in [-0.25, -0.2) is 8.42 Å². The van der Waals surface area contributed by atoms with Gasteiger partial charge in [0.1, 0.15) is 11.4 Å². The van der Waals surface area contributed by atoms with Crippen molar-refractivity contribution in [3.8, 4) is 5.75 Å². The molecule has 1 amide bonds. The van der Waals surface area contributed by atoms with Crippen molar-refractivity contribution in [3.05, 3.63) is 58.6 Å². The highest BCUT2D eigenvalue weighted by Gasteiger charge is 2.18. The quantitative estimate of drug-likeness (QED) is 0.558. The first-order valence-corrected chi connectivity index (χ1v) is 9.39. The maximum Gasteiger partial charge on any atom is 0.296 e. The number of nitrogens with one attached hydrogen (secondary N) is 1. The van der Waals surface area contributed by atoms with Gasteiger partial charge >= 0.3 is 0 Å². The number of nitro benzene ring substituents is 1. The molecule has 0 fully saturated rings. The number of nitrogens with zero attached hydrogens (tertiary/aromatic N) is 1. The van der Waals surface area contributed by atoms with E-state index in [1.54, 1.807) is 18.2 Å². The molecule has 0 aliphatic rings. The molecule has 2 rings (SSSR count). The maximum atomic E-state index is 12.2. The van der Waals surface area contributed by atoms with Crippen molar-refractivity contribution in [1.29, 1.82) is 0 Å². The summed E-state index contributed by atoms with van der Waals surface area (Å²) >= 11 is 0. The molecule has 0 bridgehead atoms. The molecule has 2 aromatic carbocycles. The molecule has 0 aromatic heterocycles. The Morgan fingerprint density at radius 2 is 1.88 bits per heavy atom. The second-order valence-corrected chi connectivity index (χ2v) is 7.53. The van der Waals surface area contributed by atoms with Crippen LogP contribution in [0.25, 0.3) is 0 Å². The van der Waals surface area contributed by atoms with E-state index in [0.29, 0.717) is 5.75 Å². The van der Waals surface area contributed by atoms with Crippen molar-refractivity contribution in [2.45, 2.75) is 17.7 Å². The Balaban J connectivity index is 1.96. The fourth-order valence-corrected chi connectivity index (χ4v) is 3.61. The van der Waals surface area contributed by atoms with Crippen LogP contribution in [-0.4, -0.2) is 32.1 Å². The van der Waals surface area contributed by atoms with Crippen LogP contribution in [0.4, 0.5) is 11.4 Å². The van der Waals surface area contributed by atoms with Gasteiger partial charge in [-0.2, -0.15) is 0 Å². The average molecular weight is 378 g/mol. The van der Waals surface area contributed by atoms with Crippen LogP contribution in [0.2, 0.25) is 0 Å². The lowest BCUT2D eigenvalue weighted by Gasteiger charge is -2.08. The Morgan fingerprint density at radius 3 is 2.50 bits per heavy atom. The Morgan fingerprint density at radius 1 is 1.19 bits per heavy atom. The molecule has 2 aromatic rings. The van der Waals surface area contributed by atoms with Crippen LogP contribution < -0.4 is 10.1 Å². The van der Waals surface area contributed by atoms with Gasteiger partial charge in [0, 0.05) is 6.42 Å². The van der Waals surface area contributed by atoms with E-state index in [0.717, 1.165) is 0 Å². The molecule has 0 atom stereocenters. The number of methoxy groups -OCH3 is 1.